The molecule has 2 rings (SSSR count). The van der Waals surface area contributed by atoms with Gasteiger partial charge in [-0.1, -0.05) is 36.9 Å². The molecule has 1 heterocycles. The maximum Gasteiger partial charge on any atom is 0.0488 e. The molecule has 0 bridgehead atoms. The van der Waals surface area contributed by atoms with Gasteiger partial charge in [0.1, 0.15) is 0 Å². The molecule has 1 heteroatoms. The van der Waals surface area contributed by atoms with Crippen molar-refractivity contribution < 1.29 is 0 Å². The van der Waals surface area contributed by atoms with E-state index in [0.29, 0.717) is 0 Å². The Balaban J connectivity index is 2.78. The number of aromatic nitrogens is 1. The molecular formula is C15H17N. The van der Waals surface area contributed by atoms with Crippen molar-refractivity contribution in [2.75, 3.05) is 0 Å². The summed E-state index contributed by atoms with van der Waals surface area (Å²) in [5.41, 5.74) is 5.17. The first-order chi connectivity index (χ1) is 7.65. The molecule has 0 atom stereocenters. The maximum atomic E-state index is 3.71. The summed E-state index contributed by atoms with van der Waals surface area (Å²) < 4.78 is 2.24. The number of benzene rings is 1. The number of hydrogen-bond acceptors (Lipinski definition) is 0. The molecular weight excluding hydrogens is 194 g/mol. The molecule has 0 radical (unpaired) electrons. The number of rotatable bonds is 2. The lowest BCUT2D eigenvalue weighted by Crippen LogP contribution is -1.90. The Morgan fingerprint density at radius 3 is 2.69 bits per heavy atom. The molecule has 0 spiro atoms. The highest BCUT2D eigenvalue weighted by Gasteiger charge is 2.08. The van der Waals surface area contributed by atoms with Crippen LogP contribution in [0.3, 0.4) is 0 Å². The summed E-state index contributed by atoms with van der Waals surface area (Å²) >= 11 is 0. The third-order valence-electron chi connectivity index (χ3n) is 3.10. The predicted molar refractivity (Wildman–Crippen MR) is 71.6 cm³/mol. The number of allylic oxidation sites excluding steroid dienone is 2. The second-order valence-electron chi connectivity index (χ2n) is 4.17. The molecule has 16 heavy (non-hydrogen) atoms. The predicted octanol–water partition coefficient (Wildman–Crippen LogP) is 3.99. The first-order valence-electron chi connectivity index (χ1n) is 5.50. The van der Waals surface area contributed by atoms with E-state index in [2.05, 4.69) is 56.3 Å². The van der Waals surface area contributed by atoms with Gasteiger partial charge in [0.25, 0.3) is 0 Å². The van der Waals surface area contributed by atoms with E-state index in [0.717, 1.165) is 0 Å². The van der Waals surface area contributed by atoms with E-state index >= 15 is 0 Å². The highest BCUT2D eigenvalue weighted by atomic mass is 14.9. The molecule has 0 saturated heterocycles. The Morgan fingerprint density at radius 2 is 2.00 bits per heavy atom. The van der Waals surface area contributed by atoms with Gasteiger partial charge in [-0.15, -0.1) is 0 Å². The lowest BCUT2D eigenvalue weighted by Gasteiger charge is -1.98. The molecule has 82 valence electrons. The molecule has 2 aromatic rings. The van der Waals surface area contributed by atoms with Gasteiger partial charge >= 0.3 is 0 Å². The molecule has 0 unspecified atom stereocenters. The molecule has 0 amide bonds. The number of fused-ring (bicyclic) bond motifs is 1. The zero-order chi connectivity index (χ0) is 11.7. The van der Waals surface area contributed by atoms with Gasteiger partial charge in [0.05, 0.1) is 0 Å². The van der Waals surface area contributed by atoms with Gasteiger partial charge in [-0.05, 0) is 25.5 Å². The third-order valence-corrected chi connectivity index (χ3v) is 3.10. The van der Waals surface area contributed by atoms with E-state index in [1.165, 1.54) is 27.7 Å². The summed E-state index contributed by atoms with van der Waals surface area (Å²) in [4.78, 5) is 0. The fourth-order valence-corrected chi connectivity index (χ4v) is 2.08. The van der Waals surface area contributed by atoms with Crippen molar-refractivity contribution in [3.8, 4) is 0 Å². The number of hydrogen-bond donors (Lipinski definition) is 0. The average molecular weight is 211 g/mol. The van der Waals surface area contributed by atoms with Crippen molar-refractivity contribution in [2.45, 2.75) is 13.8 Å². The Hall–Kier alpha value is -1.76. The first-order valence-corrected chi connectivity index (χ1v) is 5.50. The monoisotopic (exact) mass is 211 g/mol. The highest BCUT2D eigenvalue weighted by molar-refractivity contribution is 5.91. The molecule has 1 nitrogen and oxygen atoms in total. The van der Waals surface area contributed by atoms with E-state index in [4.69, 9.17) is 0 Å². The summed E-state index contributed by atoms with van der Waals surface area (Å²) in [5, 5.41) is 1.31. The van der Waals surface area contributed by atoms with Crippen LogP contribution in [0.5, 0.6) is 0 Å². The molecule has 1 aromatic heterocycles. The number of aryl methyl sites for hydroxylation is 2. The van der Waals surface area contributed by atoms with Crippen molar-refractivity contribution in [3.63, 3.8) is 0 Å². The Kier molecular flexibility index (Phi) is 2.69. The van der Waals surface area contributed by atoms with Crippen molar-refractivity contribution >= 4 is 17.0 Å². The quantitative estimate of drug-likeness (QED) is 0.662. The maximum absolute atomic E-state index is 3.71. The number of nitrogens with zero attached hydrogens (tertiary/aromatic N) is 1. The van der Waals surface area contributed by atoms with Crippen LogP contribution in [0.25, 0.3) is 17.0 Å². The van der Waals surface area contributed by atoms with Crippen LogP contribution in [0.2, 0.25) is 0 Å². The first kappa shape index (κ1) is 10.7. The van der Waals surface area contributed by atoms with Crippen LogP contribution in [0.15, 0.2) is 36.9 Å². The largest absolute Gasteiger partial charge is 0.347 e. The van der Waals surface area contributed by atoms with E-state index in [-0.39, 0.29) is 0 Å². The van der Waals surface area contributed by atoms with Crippen LogP contribution in [-0.4, -0.2) is 4.57 Å². The third kappa shape index (κ3) is 1.58. The van der Waals surface area contributed by atoms with Gasteiger partial charge in [0, 0.05) is 29.2 Å². The van der Waals surface area contributed by atoms with Crippen LogP contribution in [0, 0.1) is 13.8 Å². The fraction of sp³-hybridized carbons (Fsp3) is 0.200. The summed E-state index contributed by atoms with van der Waals surface area (Å²) in [6.07, 6.45) is 5.92. The minimum atomic E-state index is 1.29. The standard InChI is InChI=1S/C15H17N/c1-5-6-7-13-12(3)16(4)15-10-11(2)8-9-14(13)15/h5-10H,1H2,2-4H3/b7-6-. The lowest BCUT2D eigenvalue weighted by atomic mass is 10.1. The van der Waals surface area contributed by atoms with E-state index < -0.39 is 0 Å². The second-order valence-corrected chi connectivity index (χ2v) is 4.17. The van der Waals surface area contributed by atoms with Crippen LogP contribution in [0.4, 0.5) is 0 Å². The summed E-state index contributed by atoms with van der Waals surface area (Å²) in [7, 11) is 2.11. The van der Waals surface area contributed by atoms with Gasteiger partial charge in [-0.2, -0.15) is 0 Å². The molecule has 0 fully saturated rings. The van der Waals surface area contributed by atoms with Gasteiger partial charge in [0.15, 0.2) is 0 Å². The lowest BCUT2D eigenvalue weighted by molar-refractivity contribution is 0.915. The smallest absolute Gasteiger partial charge is 0.0488 e. The van der Waals surface area contributed by atoms with E-state index in [1.54, 1.807) is 0 Å². The normalized spacial score (nSPS) is 11.4. The minimum Gasteiger partial charge on any atom is -0.347 e. The molecule has 0 aliphatic heterocycles. The molecule has 0 saturated carbocycles. The van der Waals surface area contributed by atoms with Crippen LogP contribution >= 0.6 is 0 Å². The molecule has 0 aliphatic rings. The molecule has 1 aromatic carbocycles. The highest BCUT2D eigenvalue weighted by Crippen LogP contribution is 2.26. The zero-order valence-corrected chi connectivity index (χ0v) is 10.1. The van der Waals surface area contributed by atoms with Crippen LogP contribution in [0.1, 0.15) is 16.8 Å². The SMILES string of the molecule is C=C/C=C\c1c(C)n(C)c2cc(C)ccc12. The summed E-state index contributed by atoms with van der Waals surface area (Å²) in [6.45, 7) is 7.99. The summed E-state index contributed by atoms with van der Waals surface area (Å²) in [6, 6.07) is 6.58. The Morgan fingerprint density at radius 1 is 1.25 bits per heavy atom. The van der Waals surface area contributed by atoms with Gasteiger partial charge in [0.2, 0.25) is 0 Å². The van der Waals surface area contributed by atoms with Crippen LogP contribution < -0.4 is 0 Å². The zero-order valence-electron chi connectivity index (χ0n) is 10.1. The van der Waals surface area contributed by atoms with Crippen molar-refractivity contribution in [2.24, 2.45) is 7.05 Å². The summed E-state index contributed by atoms with van der Waals surface area (Å²) in [5.74, 6) is 0. The average Bonchev–Trinajstić information content (AvgIpc) is 2.50. The van der Waals surface area contributed by atoms with Gasteiger partial charge < -0.3 is 4.57 Å². The van der Waals surface area contributed by atoms with Crippen molar-refractivity contribution in [1.82, 2.24) is 4.57 Å². The van der Waals surface area contributed by atoms with E-state index in [9.17, 15) is 0 Å². The topological polar surface area (TPSA) is 4.93 Å². The molecule has 0 aliphatic carbocycles. The van der Waals surface area contributed by atoms with Crippen molar-refractivity contribution in [1.29, 1.82) is 0 Å². The van der Waals surface area contributed by atoms with Gasteiger partial charge in [-0.3, -0.25) is 0 Å². The molecule has 0 N–H and O–H groups in total. The fourth-order valence-electron chi connectivity index (χ4n) is 2.08. The van der Waals surface area contributed by atoms with Crippen molar-refractivity contribution in [3.05, 3.63) is 53.8 Å². The van der Waals surface area contributed by atoms with Crippen LogP contribution in [-0.2, 0) is 7.05 Å². The second kappa shape index (κ2) is 4.01. The van der Waals surface area contributed by atoms with E-state index in [1.807, 2.05) is 12.2 Å². The Labute approximate surface area is 96.7 Å². The minimum absolute atomic E-state index is 1.29. The Bertz CT molecular complexity index is 571. The van der Waals surface area contributed by atoms with Gasteiger partial charge in [-0.25, -0.2) is 0 Å².